The van der Waals surface area contributed by atoms with Gasteiger partial charge in [-0.3, -0.25) is 9.69 Å². The highest BCUT2D eigenvalue weighted by Gasteiger charge is 2.28. The number of hydrogen-bond donors (Lipinski definition) is 1. The fourth-order valence-electron chi connectivity index (χ4n) is 3.43. The van der Waals surface area contributed by atoms with Crippen LogP contribution in [0.3, 0.4) is 0 Å². The van der Waals surface area contributed by atoms with Crippen LogP contribution < -0.4 is 5.32 Å². The Morgan fingerprint density at radius 2 is 2.18 bits per heavy atom. The smallest absolute Gasteiger partial charge is 0.249 e. The maximum atomic E-state index is 12.3. The summed E-state index contributed by atoms with van der Waals surface area (Å²) >= 11 is 3.33. The minimum atomic E-state index is -0.209. The summed E-state index contributed by atoms with van der Waals surface area (Å²) in [4.78, 5) is 20.9. The number of hydrogen-bond acceptors (Lipinski definition) is 5. The maximum Gasteiger partial charge on any atom is 0.249 e. The van der Waals surface area contributed by atoms with Crippen molar-refractivity contribution in [2.75, 3.05) is 11.9 Å². The third-order valence-electron chi connectivity index (χ3n) is 4.89. The van der Waals surface area contributed by atoms with Gasteiger partial charge in [0.1, 0.15) is 10.0 Å². The first kappa shape index (κ1) is 18.9. The van der Waals surface area contributed by atoms with Crippen molar-refractivity contribution >= 4 is 43.8 Å². The molecule has 0 radical (unpaired) electrons. The summed E-state index contributed by atoms with van der Waals surface area (Å²) in [6.07, 6.45) is 9.00. The van der Waals surface area contributed by atoms with Gasteiger partial charge in [-0.25, -0.2) is 4.98 Å². The maximum absolute atomic E-state index is 12.3. The van der Waals surface area contributed by atoms with E-state index in [2.05, 4.69) is 36.1 Å². The molecule has 1 aliphatic rings. The van der Waals surface area contributed by atoms with E-state index >= 15 is 0 Å². The summed E-state index contributed by atoms with van der Waals surface area (Å²) in [6, 6.07) is 8.65. The third-order valence-corrected chi connectivity index (χ3v) is 7.08. The lowest BCUT2D eigenvalue weighted by molar-refractivity contribution is -0.111. The van der Waals surface area contributed by atoms with Crippen molar-refractivity contribution in [3.8, 4) is 22.9 Å². The lowest BCUT2D eigenvalue weighted by atomic mass is 10.0. The zero-order chi connectivity index (χ0) is 19.7. The molecule has 3 aromatic rings. The molecule has 4 rings (SSSR count). The molecule has 1 N–H and O–H groups in total. The van der Waals surface area contributed by atoms with Gasteiger partial charge in [0.05, 0.1) is 10.2 Å². The van der Waals surface area contributed by atoms with E-state index in [1.807, 2.05) is 18.2 Å². The number of benzene rings is 1. The zero-order valence-electron chi connectivity index (χ0n) is 15.9. The Hall–Kier alpha value is -2.46. The number of nitrogens with one attached hydrogen (secondary N) is 1. The van der Waals surface area contributed by atoms with Crippen LogP contribution in [0.25, 0.3) is 20.8 Å². The average molecular weight is 408 g/mol. The first-order valence-corrected chi connectivity index (χ1v) is 10.9. The highest BCUT2D eigenvalue weighted by molar-refractivity contribution is 7.22. The van der Waals surface area contributed by atoms with E-state index in [9.17, 15) is 4.79 Å². The minimum Gasteiger partial charge on any atom is -0.313 e. The molecule has 6 heteroatoms. The molecule has 4 nitrogen and oxygen atoms in total. The predicted octanol–water partition coefficient (Wildman–Crippen LogP) is 4.92. The van der Waals surface area contributed by atoms with Crippen LogP contribution >= 0.6 is 22.7 Å². The summed E-state index contributed by atoms with van der Waals surface area (Å²) in [5, 5.41) is 4.86. The van der Waals surface area contributed by atoms with Crippen LogP contribution in [-0.2, 0) is 17.8 Å². The van der Waals surface area contributed by atoms with Crippen molar-refractivity contribution in [1.29, 1.82) is 0 Å². The molecule has 28 heavy (non-hydrogen) atoms. The molecule has 1 amide bonds. The van der Waals surface area contributed by atoms with Crippen molar-refractivity contribution in [2.24, 2.45) is 0 Å². The van der Waals surface area contributed by atoms with E-state index in [1.165, 1.54) is 22.6 Å². The number of fused-ring (bicyclic) bond motifs is 2. The van der Waals surface area contributed by atoms with Crippen molar-refractivity contribution in [3.63, 3.8) is 0 Å². The second kappa shape index (κ2) is 7.88. The van der Waals surface area contributed by atoms with Gasteiger partial charge in [0.15, 0.2) is 0 Å². The van der Waals surface area contributed by atoms with Gasteiger partial charge in [0.25, 0.3) is 0 Å². The number of anilines is 1. The van der Waals surface area contributed by atoms with E-state index in [1.54, 1.807) is 22.7 Å². The Labute approximate surface area is 172 Å². The Bertz CT molecular complexity index is 1070. The molecule has 0 atom stereocenters. The molecule has 3 heterocycles. The normalized spacial score (nSPS) is 14.5. The van der Waals surface area contributed by atoms with E-state index in [0.29, 0.717) is 6.04 Å². The number of thiophene rings is 1. The molecule has 1 aliphatic heterocycles. The summed E-state index contributed by atoms with van der Waals surface area (Å²) in [7, 11) is 0. The lowest BCUT2D eigenvalue weighted by Gasteiger charge is -2.30. The van der Waals surface area contributed by atoms with Crippen molar-refractivity contribution in [2.45, 2.75) is 32.9 Å². The highest BCUT2D eigenvalue weighted by Crippen LogP contribution is 2.45. The average Bonchev–Trinajstić information content (AvgIpc) is 3.25. The van der Waals surface area contributed by atoms with Gasteiger partial charge in [-0.05, 0) is 44.0 Å². The molecule has 0 unspecified atom stereocenters. The molecule has 0 aliphatic carbocycles. The van der Waals surface area contributed by atoms with E-state index in [-0.39, 0.29) is 5.91 Å². The number of nitrogens with zero attached hydrogens (tertiary/aromatic N) is 2. The number of thiazole rings is 1. The molecule has 2 aromatic heterocycles. The van der Waals surface area contributed by atoms with Crippen LogP contribution in [-0.4, -0.2) is 28.4 Å². The SMILES string of the molecule is C#C/C=C/C(=O)Nc1sc2c(c1-c1nc3ccccc3s1)CCN(C(C)C)C2. The molecule has 0 saturated heterocycles. The molecule has 1 aromatic carbocycles. The molecular formula is C22H21N3OS2. The first-order valence-electron chi connectivity index (χ1n) is 9.25. The Kier molecular flexibility index (Phi) is 5.31. The van der Waals surface area contributed by atoms with E-state index in [0.717, 1.165) is 45.3 Å². The van der Waals surface area contributed by atoms with Gasteiger partial charge >= 0.3 is 0 Å². The number of para-hydroxylation sites is 1. The predicted molar refractivity (Wildman–Crippen MR) is 119 cm³/mol. The van der Waals surface area contributed by atoms with Crippen LogP contribution in [0, 0.1) is 12.3 Å². The van der Waals surface area contributed by atoms with Crippen LogP contribution in [0.15, 0.2) is 36.4 Å². The molecule has 142 valence electrons. The Balaban J connectivity index is 1.79. The van der Waals surface area contributed by atoms with Gasteiger partial charge in [0.2, 0.25) is 5.91 Å². The number of amides is 1. The quantitative estimate of drug-likeness (QED) is 0.493. The second-order valence-corrected chi connectivity index (χ2v) is 9.13. The number of carbonyl (C=O) groups excluding carboxylic acids is 1. The summed E-state index contributed by atoms with van der Waals surface area (Å²) in [5.41, 5.74) is 3.39. The third kappa shape index (κ3) is 3.61. The minimum absolute atomic E-state index is 0.209. The second-order valence-electron chi connectivity index (χ2n) is 7.00. The van der Waals surface area contributed by atoms with Crippen molar-refractivity contribution < 1.29 is 4.79 Å². The first-order chi connectivity index (χ1) is 13.6. The molecule has 0 spiro atoms. The number of rotatable bonds is 4. The zero-order valence-corrected chi connectivity index (χ0v) is 17.5. The molecule has 0 saturated carbocycles. The summed E-state index contributed by atoms with van der Waals surface area (Å²) in [6.45, 7) is 6.37. The van der Waals surface area contributed by atoms with Gasteiger partial charge < -0.3 is 5.32 Å². The Morgan fingerprint density at radius 3 is 2.93 bits per heavy atom. The molecule has 0 bridgehead atoms. The molecular weight excluding hydrogens is 386 g/mol. The fraction of sp³-hybridized carbons (Fsp3) is 0.273. The van der Waals surface area contributed by atoms with Crippen molar-refractivity contribution in [3.05, 3.63) is 46.9 Å². The van der Waals surface area contributed by atoms with Gasteiger partial charge in [0, 0.05) is 35.6 Å². The summed E-state index contributed by atoms with van der Waals surface area (Å²) < 4.78 is 1.15. The van der Waals surface area contributed by atoms with E-state index in [4.69, 9.17) is 11.4 Å². The van der Waals surface area contributed by atoms with Crippen LogP contribution in [0.4, 0.5) is 5.00 Å². The van der Waals surface area contributed by atoms with Gasteiger partial charge in [-0.1, -0.05) is 18.1 Å². The number of allylic oxidation sites excluding steroid dienone is 1. The van der Waals surface area contributed by atoms with E-state index < -0.39 is 0 Å². The largest absolute Gasteiger partial charge is 0.313 e. The van der Waals surface area contributed by atoms with Crippen LogP contribution in [0.5, 0.6) is 0 Å². The van der Waals surface area contributed by atoms with Gasteiger partial charge in [-0.15, -0.1) is 29.1 Å². The number of carbonyl (C=O) groups is 1. The number of terminal acetylenes is 1. The van der Waals surface area contributed by atoms with Crippen LogP contribution in [0.2, 0.25) is 0 Å². The van der Waals surface area contributed by atoms with Crippen molar-refractivity contribution in [1.82, 2.24) is 9.88 Å². The van der Waals surface area contributed by atoms with Crippen LogP contribution in [0.1, 0.15) is 24.3 Å². The summed E-state index contributed by atoms with van der Waals surface area (Å²) in [5.74, 6) is 2.15. The molecule has 0 fully saturated rings. The van der Waals surface area contributed by atoms with Gasteiger partial charge in [-0.2, -0.15) is 0 Å². The fourth-order valence-corrected chi connectivity index (χ4v) is 5.82. The Morgan fingerprint density at radius 1 is 1.36 bits per heavy atom. The standard InChI is InChI=1S/C22H21N3OS2/c1-4-5-10-19(26)24-22-20(21-23-16-8-6-7-9-17(16)27-21)15-11-12-25(14(2)3)13-18(15)28-22/h1,5-10,14H,11-13H2,2-3H3,(H,24,26)/b10-5+. The lowest BCUT2D eigenvalue weighted by Crippen LogP contribution is -2.35. The topological polar surface area (TPSA) is 45.2 Å². The number of aromatic nitrogens is 1. The monoisotopic (exact) mass is 407 g/mol. The highest BCUT2D eigenvalue weighted by atomic mass is 32.1.